The van der Waals surface area contributed by atoms with E-state index in [0.717, 1.165) is 38.2 Å². The highest BCUT2D eigenvalue weighted by Gasteiger charge is 2.18. The van der Waals surface area contributed by atoms with Crippen molar-refractivity contribution >= 4 is 113 Å². The summed E-state index contributed by atoms with van der Waals surface area (Å²) in [6, 6.07) is 59.4. The van der Waals surface area contributed by atoms with Crippen LogP contribution in [-0.4, -0.2) is 10.2 Å². The molecule has 0 radical (unpaired) electrons. The van der Waals surface area contributed by atoms with Crippen molar-refractivity contribution in [2.75, 3.05) is 4.90 Å². The zero-order valence-corrected chi connectivity index (χ0v) is 30.1. The number of thiophene rings is 2. The van der Waals surface area contributed by atoms with Crippen LogP contribution >= 0.6 is 34.0 Å². The van der Waals surface area contributed by atoms with E-state index in [0.29, 0.717) is 0 Å². The molecule has 8 aromatic carbocycles. The fourth-order valence-corrected chi connectivity index (χ4v) is 10.9. The van der Waals surface area contributed by atoms with Crippen LogP contribution in [0.3, 0.4) is 0 Å². The lowest BCUT2D eigenvalue weighted by Gasteiger charge is -2.26. The minimum Gasteiger partial charge on any atom is -0.310 e. The zero-order valence-electron chi connectivity index (χ0n) is 27.7. The Balaban J connectivity index is 1.06. The lowest BCUT2D eigenvalue weighted by Crippen LogP contribution is -2.09. The number of anilines is 3. The van der Waals surface area contributed by atoms with Crippen molar-refractivity contribution in [3.8, 4) is 21.1 Å². The molecule has 0 spiro atoms. The van der Waals surface area contributed by atoms with Gasteiger partial charge in [0.25, 0.3) is 0 Å². The molecule has 0 atom stereocenters. The van der Waals surface area contributed by atoms with Crippen LogP contribution in [0.4, 0.5) is 17.1 Å². The van der Waals surface area contributed by atoms with Gasteiger partial charge in [-0.2, -0.15) is 0 Å². The molecule has 3 aromatic heterocycles. The van der Waals surface area contributed by atoms with Gasteiger partial charge in [0.15, 0.2) is 0 Å². The summed E-state index contributed by atoms with van der Waals surface area (Å²) in [5.74, 6) is 0. The van der Waals surface area contributed by atoms with Crippen LogP contribution in [0.2, 0.25) is 0 Å². The molecule has 0 aliphatic heterocycles. The molecule has 0 unspecified atom stereocenters. The van der Waals surface area contributed by atoms with E-state index in [1.807, 2.05) is 40.9 Å². The normalized spacial score (nSPS) is 11.8. The standard InChI is InChI=1S/C46H27N3S3/c1-2-10-30(11-3-1)45-47-48-46(52-45)31-14-18-32(19-15-31)49(33-20-24-37-39-22-16-28-8-4-6-12-35(28)43(39)50-41(37)26-33)34-21-25-38-40-23-17-29-9-5-7-13-36(29)44(40)51-42(38)27-34/h1-27H. The van der Waals surface area contributed by atoms with Crippen molar-refractivity contribution in [2.45, 2.75) is 0 Å². The van der Waals surface area contributed by atoms with E-state index in [9.17, 15) is 0 Å². The van der Waals surface area contributed by atoms with Crippen LogP contribution in [-0.2, 0) is 0 Å². The molecule has 3 nitrogen and oxygen atoms in total. The lowest BCUT2D eigenvalue weighted by molar-refractivity contribution is 1.10. The van der Waals surface area contributed by atoms with Gasteiger partial charge in [0.2, 0.25) is 0 Å². The first-order valence-electron chi connectivity index (χ1n) is 17.2. The molecular weight excluding hydrogens is 691 g/mol. The Hall–Kier alpha value is -5.92. The van der Waals surface area contributed by atoms with Gasteiger partial charge in [-0.3, -0.25) is 0 Å². The van der Waals surface area contributed by atoms with E-state index in [4.69, 9.17) is 0 Å². The maximum atomic E-state index is 4.56. The molecule has 0 saturated carbocycles. The average molecular weight is 718 g/mol. The number of nitrogens with zero attached hydrogens (tertiary/aromatic N) is 3. The second-order valence-electron chi connectivity index (χ2n) is 13.1. The lowest BCUT2D eigenvalue weighted by atomic mass is 10.0. The van der Waals surface area contributed by atoms with Gasteiger partial charge in [-0.25, -0.2) is 0 Å². The quantitative estimate of drug-likeness (QED) is 0.177. The number of fused-ring (bicyclic) bond motifs is 10. The molecule has 3 heterocycles. The highest BCUT2D eigenvalue weighted by Crippen LogP contribution is 2.45. The first-order chi connectivity index (χ1) is 25.7. The molecule has 0 aliphatic carbocycles. The summed E-state index contributed by atoms with van der Waals surface area (Å²) in [5.41, 5.74) is 5.49. The predicted molar refractivity (Wildman–Crippen MR) is 226 cm³/mol. The molecule has 0 fully saturated rings. The van der Waals surface area contributed by atoms with E-state index < -0.39 is 0 Å². The third-order valence-electron chi connectivity index (χ3n) is 10.0. The largest absolute Gasteiger partial charge is 0.310 e. The van der Waals surface area contributed by atoms with Crippen LogP contribution < -0.4 is 4.90 Å². The van der Waals surface area contributed by atoms with Gasteiger partial charge < -0.3 is 4.90 Å². The van der Waals surface area contributed by atoms with Gasteiger partial charge in [0.05, 0.1) is 0 Å². The molecule has 0 bridgehead atoms. The Bertz CT molecular complexity index is 2980. The molecule has 11 aromatic rings. The van der Waals surface area contributed by atoms with Gasteiger partial charge in [0, 0.05) is 68.5 Å². The second-order valence-corrected chi connectivity index (χ2v) is 16.1. The topological polar surface area (TPSA) is 29.0 Å². The van der Waals surface area contributed by atoms with E-state index >= 15 is 0 Å². The Morgan fingerprint density at radius 3 is 1.37 bits per heavy atom. The van der Waals surface area contributed by atoms with Gasteiger partial charge in [-0.15, -0.1) is 32.9 Å². The van der Waals surface area contributed by atoms with E-state index in [1.165, 1.54) is 61.9 Å². The van der Waals surface area contributed by atoms with Crippen molar-refractivity contribution < 1.29 is 0 Å². The van der Waals surface area contributed by atoms with E-state index in [2.05, 4.69) is 161 Å². The van der Waals surface area contributed by atoms with Crippen LogP contribution in [0.15, 0.2) is 164 Å². The summed E-state index contributed by atoms with van der Waals surface area (Å²) in [6.45, 7) is 0. The Kier molecular flexibility index (Phi) is 6.77. The van der Waals surface area contributed by atoms with Gasteiger partial charge >= 0.3 is 0 Å². The highest BCUT2D eigenvalue weighted by atomic mass is 32.1. The molecule has 0 saturated heterocycles. The number of rotatable bonds is 5. The monoisotopic (exact) mass is 717 g/mol. The van der Waals surface area contributed by atoms with E-state index in [-0.39, 0.29) is 0 Å². The summed E-state index contributed by atoms with van der Waals surface area (Å²) in [4.78, 5) is 2.39. The fraction of sp³-hybridized carbons (Fsp3) is 0. The summed E-state index contributed by atoms with van der Waals surface area (Å²) >= 11 is 5.38. The molecule has 0 aliphatic rings. The smallest absolute Gasteiger partial charge is 0.148 e. The Morgan fingerprint density at radius 2 is 0.808 bits per heavy atom. The number of hydrogen-bond acceptors (Lipinski definition) is 6. The number of benzene rings is 8. The summed E-state index contributed by atoms with van der Waals surface area (Å²) in [5, 5.41) is 21.3. The first-order valence-corrected chi connectivity index (χ1v) is 19.7. The summed E-state index contributed by atoms with van der Waals surface area (Å²) in [6.07, 6.45) is 0. The van der Waals surface area contributed by atoms with Crippen molar-refractivity contribution in [1.29, 1.82) is 0 Å². The number of aromatic nitrogens is 2. The fourth-order valence-electron chi connectivity index (χ4n) is 7.50. The van der Waals surface area contributed by atoms with E-state index in [1.54, 1.807) is 11.3 Å². The summed E-state index contributed by atoms with van der Waals surface area (Å²) < 4.78 is 5.24. The van der Waals surface area contributed by atoms with Gasteiger partial charge in [0.1, 0.15) is 10.0 Å². The Labute approximate surface area is 311 Å². The number of hydrogen-bond donors (Lipinski definition) is 0. The summed E-state index contributed by atoms with van der Waals surface area (Å²) in [7, 11) is 0. The van der Waals surface area contributed by atoms with Crippen molar-refractivity contribution in [2.24, 2.45) is 0 Å². The maximum absolute atomic E-state index is 4.56. The molecule has 6 heteroatoms. The van der Waals surface area contributed by atoms with Gasteiger partial charge in [-0.05, 0) is 70.1 Å². The zero-order chi connectivity index (χ0) is 34.2. The van der Waals surface area contributed by atoms with Gasteiger partial charge in [-0.1, -0.05) is 127 Å². The molecule has 0 N–H and O–H groups in total. The van der Waals surface area contributed by atoms with Crippen LogP contribution in [0.25, 0.3) is 83.0 Å². The molecule has 0 amide bonds. The predicted octanol–water partition coefficient (Wildman–Crippen LogP) is 14.4. The van der Waals surface area contributed by atoms with Crippen molar-refractivity contribution in [3.05, 3.63) is 164 Å². The van der Waals surface area contributed by atoms with Crippen molar-refractivity contribution in [1.82, 2.24) is 10.2 Å². The van der Waals surface area contributed by atoms with Crippen LogP contribution in [0.1, 0.15) is 0 Å². The first kappa shape index (κ1) is 29.8. The molecule has 52 heavy (non-hydrogen) atoms. The Morgan fingerprint density at radius 1 is 0.346 bits per heavy atom. The third kappa shape index (κ3) is 4.76. The average Bonchev–Trinajstić information content (AvgIpc) is 3.94. The minimum atomic E-state index is 0.912. The highest BCUT2D eigenvalue weighted by molar-refractivity contribution is 7.27. The van der Waals surface area contributed by atoms with Crippen LogP contribution in [0.5, 0.6) is 0 Å². The molecule has 11 rings (SSSR count). The molecule has 244 valence electrons. The third-order valence-corrected chi connectivity index (χ3v) is 13.5. The van der Waals surface area contributed by atoms with Crippen molar-refractivity contribution in [3.63, 3.8) is 0 Å². The SMILES string of the molecule is c1ccc(-c2nnc(-c3ccc(N(c4ccc5c(c4)sc4c6ccccc6ccc54)c4ccc5c(c4)sc4c6ccccc6ccc54)cc3)s2)cc1. The van der Waals surface area contributed by atoms with Crippen LogP contribution in [0, 0.1) is 0 Å². The maximum Gasteiger partial charge on any atom is 0.148 e. The molecular formula is C46H27N3S3. The second kappa shape index (κ2) is 11.8. The minimum absolute atomic E-state index is 0.912.